The molecule has 3 rings (SSSR count). The van der Waals surface area contributed by atoms with Crippen LogP contribution in [0.4, 0.5) is 4.39 Å². The van der Waals surface area contributed by atoms with Crippen molar-refractivity contribution in [2.75, 3.05) is 0 Å². The second-order valence-corrected chi connectivity index (χ2v) is 7.09. The van der Waals surface area contributed by atoms with Gasteiger partial charge in [-0.1, -0.05) is 24.3 Å². The van der Waals surface area contributed by atoms with Gasteiger partial charge < -0.3 is 15.5 Å². The summed E-state index contributed by atoms with van der Waals surface area (Å²) < 4.78 is 13.0. The van der Waals surface area contributed by atoms with Crippen molar-refractivity contribution >= 4 is 23.2 Å². The molecule has 0 aliphatic carbocycles. The van der Waals surface area contributed by atoms with Crippen molar-refractivity contribution < 1.29 is 24.2 Å². The van der Waals surface area contributed by atoms with Crippen molar-refractivity contribution in [3.63, 3.8) is 0 Å². The Balaban J connectivity index is 1.62. The van der Waals surface area contributed by atoms with Crippen molar-refractivity contribution in [2.24, 2.45) is 0 Å². The monoisotopic (exact) mass is 400 g/mol. The van der Waals surface area contributed by atoms with E-state index in [-0.39, 0.29) is 18.0 Å². The minimum atomic E-state index is -1.22. The fraction of sp³-hybridized carbons (Fsp3) is 0.150. The third kappa shape index (κ3) is 5.14. The molecule has 1 atom stereocenters. The molecule has 0 unspecified atom stereocenters. The van der Waals surface area contributed by atoms with Gasteiger partial charge in [-0.25, -0.2) is 14.2 Å². The summed E-state index contributed by atoms with van der Waals surface area (Å²) in [6.07, 6.45) is 0.472. The Bertz CT molecular complexity index is 971. The maximum absolute atomic E-state index is 13.0. The lowest BCUT2D eigenvalue weighted by Gasteiger charge is -2.14. The molecule has 0 spiro atoms. The number of rotatable bonds is 7. The number of carboxylic acids is 1. The molecule has 144 valence electrons. The fourth-order valence-electron chi connectivity index (χ4n) is 2.62. The van der Waals surface area contributed by atoms with Gasteiger partial charge >= 0.3 is 5.97 Å². The van der Waals surface area contributed by atoms with Crippen LogP contribution in [0, 0.1) is 5.82 Å². The summed E-state index contributed by atoms with van der Waals surface area (Å²) in [5.74, 6) is -1.97. The molecule has 1 heterocycles. The highest BCUT2D eigenvalue weighted by molar-refractivity contribution is 7.09. The van der Waals surface area contributed by atoms with Gasteiger partial charge in [0.1, 0.15) is 11.6 Å². The van der Waals surface area contributed by atoms with Crippen LogP contribution in [0.2, 0.25) is 0 Å². The van der Waals surface area contributed by atoms with Crippen molar-refractivity contribution in [3.8, 4) is 5.75 Å². The third-order valence-electron chi connectivity index (χ3n) is 3.99. The highest BCUT2D eigenvalue weighted by Gasteiger charge is 2.22. The lowest BCUT2D eigenvalue weighted by atomic mass is 10.1. The topological polar surface area (TPSA) is 99.5 Å². The normalized spacial score (nSPS) is 11.8. The Kier molecular flexibility index (Phi) is 6.00. The van der Waals surface area contributed by atoms with Gasteiger partial charge in [-0.2, -0.15) is 0 Å². The van der Waals surface area contributed by atoms with Crippen LogP contribution in [0.15, 0.2) is 53.9 Å². The Morgan fingerprint density at radius 2 is 1.79 bits per heavy atom. The number of thiazole rings is 1. The summed E-state index contributed by atoms with van der Waals surface area (Å²) in [4.78, 5) is 28.1. The molecule has 2 aromatic carbocycles. The number of aliphatic carboxylic acids is 1. The molecule has 0 saturated heterocycles. The number of carbonyl (C=O) groups excluding carboxylic acids is 1. The minimum absolute atomic E-state index is 0.00960. The number of nitrogens with one attached hydrogen (secondary N) is 1. The Morgan fingerprint density at radius 1 is 1.11 bits per heavy atom. The van der Waals surface area contributed by atoms with E-state index in [0.717, 1.165) is 10.6 Å². The molecule has 6 nitrogen and oxygen atoms in total. The summed E-state index contributed by atoms with van der Waals surface area (Å²) in [6.45, 7) is 0. The van der Waals surface area contributed by atoms with Crippen LogP contribution < -0.4 is 5.32 Å². The quantitative estimate of drug-likeness (QED) is 0.566. The molecule has 8 heteroatoms. The number of amides is 1. The number of aromatic hydroxyl groups is 1. The predicted molar refractivity (Wildman–Crippen MR) is 102 cm³/mol. The molecule has 28 heavy (non-hydrogen) atoms. The van der Waals surface area contributed by atoms with Gasteiger partial charge in [-0.05, 0) is 35.4 Å². The van der Waals surface area contributed by atoms with Crippen LogP contribution in [0.5, 0.6) is 5.75 Å². The second-order valence-electron chi connectivity index (χ2n) is 6.14. The average molecular weight is 400 g/mol. The highest BCUT2D eigenvalue weighted by Crippen LogP contribution is 2.19. The van der Waals surface area contributed by atoms with Gasteiger partial charge in [0, 0.05) is 11.8 Å². The predicted octanol–water partition coefficient (Wildman–Crippen LogP) is 3.06. The van der Waals surface area contributed by atoms with E-state index in [1.54, 1.807) is 17.5 Å². The van der Waals surface area contributed by atoms with Crippen LogP contribution in [0.3, 0.4) is 0 Å². The zero-order chi connectivity index (χ0) is 20.1. The number of benzene rings is 2. The van der Waals surface area contributed by atoms with E-state index in [1.165, 1.54) is 47.7 Å². The third-order valence-corrected chi connectivity index (χ3v) is 4.89. The van der Waals surface area contributed by atoms with Crippen molar-refractivity contribution in [1.82, 2.24) is 10.3 Å². The van der Waals surface area contributed by atoms with Gasteiger partial charge in [0.05, 0.1) is 17.1 Å². The standard InChI is InChI=1S/C20H17FN2O4S/c21-14-5-1-12(2-6-14)9-18-22-15(11-28-18)10-17(25)23-19(20(26)27)13-3-7-16(24)8-4-13/h1-8,11,19,24H,9-10H2,(H,23,25)(H,26,27)/t19-/m1/s1. The van der Waals surface area contributed by atoms with E-state index in [9.17, 15) is 24.2 Å². The second kappa shape index (κ2) is 8.62. The molecule has 0 aliphatic heterocycles. The van der Waals surface area contributed by atoms with Crippen LogP contribution in [-0.4, -0.2) is 27.1 Å². The zero-order valence-corrected chi connectivity index (χ0v) is 15.4. The molecule has 1 aromatic heterocycles. The first-order chi connectivity index (χ1) is 13.4. The highest BCUT2D eigenvalue weighted by atomic mass is 32.1. The summed E-state index contributed by atoms with van der Waals surface area (Å²) in [6, 6.07) is 10.5. The Morgan fingerprint density at radius 3 is 2.43 bits per heavy atom. The van der Waals surface area contributed by atoms with E-state index >= 15 is 0 Å². The molecular weight excluding hydrogens is 383 g/mol. The molecule has 0 bridgehead atoms. The lowest BCUT2D eigenvalue weighted by Crippen LogP contribution is -2.34. The number of hydrogen-bond donors (Lipinski definition) is 3. The first-order valence-corrected chi connectivity index (χ1v) is 9.27. The molecular formula is C20H17FN2O4S. The summed E-state index contributed by atoms with van der Waals surface area (Å²) in [5, 5.41) is 23.7. The Labute approximate surface area is 164 Å². The Hall–Kier alpha value is -3.26. The zero-order valence-electron chi connectivity index (χ0n) is 14.6. The number of aromatic nitrogens is 1. The molecule has 0 fully saturated rings. The van der Waals surface area contributed by atoms with Crippen LogP contribution in [-0.2, 0) is 22.4 Å². The first kappa shape index (κ1) is 19.5. The van der Waals surface area contributed by atoms with E-state index in [1.807, 2.05) is 0 Å². The largest absolute Gasteiger partial charge is 0.508 e. The van der Waals surface area contributed by atoms with Crippen molar-refractivity contribution in [3.05, 3.63) is 81.6 Å². The summed E-state index contributed by atoms with van der Waals surface area (Å²) in [5.41, 5.74) is 1.80. The van der Waals surface area contributed by atoms with Crippen LogP contribution in [0.1, 0.15) is 27.9 Å². The van der Waals surface area contributed by atoms with Crippen LogP contribution in [0.25, 0.3) is 0 Å². The van der Waals surface area contributed by atoms with Gasteiger partial charge in [-0.15, -0.1) is 11.3 Å². The first-order valence-electron chi connectivity index (χ1n) is 8.39. The molecule has 0 radical (unpaired) electrons. The number of hydrogen-bond acceptors (Lipinski definition) is 5. The van der Waals surface area contributed by atoms with Crippen molar-refractivity contribution in [2.45, 2.75) is 18.9 Å². The van der Waals surface area contributed by atoms with E-state index in [0.29, 0.717) is 17.7 Å². The lowest BCUT2D eigenvalue weighted by molar-refractivity contribution is -0.142. The average Bonchev–Trinajstić information content (AvgIpc) is 3.09. The summed E-state index contributed by atoms with van der Waals surface area (Å²) >= 11 is 1.38. The number of carbonyl (C=O) groups is 2. The van der Waals surface area contributed by atoms with Crippen molar-refractivity contribution in [1.29, 1.82) is 0 Å². The number of phenols is 1. The smallest absolute Gasteiger partial charge is 0.330 e. The molecule has 3 N–H and O–H groups in total. The van der Waals surface area contributed by atoms with E-state index in [4.69, 9.17) is 0 Å². The SMILES string of the molecule is O=C(Cc1csc(Cc2ccc(F)cc2)n1)N[C@@H](C(=O)O)c1ccc(O)cc1. The number of halogens is 1. The molecule has 3 aromatic rings. The van der Waals surface area contributed by atoms with Gasteiger partial charge in [0.25, 0.3) is 0 Å². The summed E-state index contributed by atoms with van der Waals surface area (Å²) in [7, 11) is 0. The number of carboxylic acid groups (broad SMARTS) is 1. The maximum Gasteiger partial charge on any atom is 0.330 e. The minimum Gasteiger partial charge on any atom is -0.508 e. The molecule has 0 aliphatic rings. The maximum atomic E-state index is 13.0. The number of phenolic OH excluding ortho intramolecular Hbond substituents is 1. The van der Waals surface area contributed by atoms with E-state index < -0.39 is 17.9 Å². The van der Waals surface area contributed by atoms with Gasteiger partial charge in [0.2, 0.25) is 5.91 Å². The molecule has 0 saturated carbocycles. The van der Waals surface area contributed by atoms with E-state index in [2.05, 4.69) is 10.3 Å². The van der Waals surface area contributed by atoms with Gasteiger partial charge in [0.15, 0.2) is 6.04 Å². The molecule has 1 amide bonds. The van der Waals surface area contributed by atoms with Crippen LogP contribution >= 0.6 is 11.3 Å². The number of nitrogens with zero attached hydrogens (tertiary/aromatic N) is 1. The fourth-order valence-corrected chi connectivity index (χ4v) is 3.45. The van der Waals surface area contributed by atoms with Gasteiger partial charge in [-0.3, -0.25) is 4.79 Å².